The van der Waals surface area contributed by atoms with Crippen LogP contribution in [-0.2, 0) is 6.54 Å². The van der Waals surface area contributed by atoms with Gasteiger partial charge in [-0.25, -0.2) is 4.79 Å². The molecule has 2 rings (SSSR count). The van der Waals surface area contributed by atoms with Crippen LogP contribution in [0.1, 0.15) is 26.3 Å². The highest BCUT2D eigenvalue weighted by Crippen LogP contribution is 2.14. The summed E-state index contributed by atoms with van der Waals surface area (Å²) in [5.74, 6) is -0.349. The number of nitrogens with one attached hydrogen (secondary N) is 2. The Morgan fingerprint density at radius 2 is 1.72 bits per heavy atom. The van der Waals surface area contributed by atoms with Gasteiger partial charge in [-0.05, 0) is 35.9 Å². The van der Waals surface area contributed by atoms with Crippen LogP contribution in [0.5, 0.6) is 0 Å². The molecule has 0 saturated heterocycles. The number of nitrogens with zero attached hydrogens (tertiary/aromatic N) is 1. The van der Waals surface area contributed by atoms with E-state index in [9.17, 15) is 14.4 Å². The molecule has 0 atom stereocenters. The monoisotopic (exact) mass is 340 g/mol. The van der Waals surface area contributed by atoms with Crippen molar-refractivity contribution in [2.45, 2.75) is 6.54 Å². The fraction of sp³-hybridized carbons (Fsp3) is 0.167. The zero-order chi connectivity index (χ0) is 18.4. The van der Waals surface area contributed by atoms with Crippen LogP contribution >= 0.6 is 0 Å². The molecular weight excluding hydrogens is 320 g/mol. The van der Waals surface area contributed by atoms with Gasteiger partial charge < -0.3 is 21.3 Å². The van der Waals surface area contributed by atoms with Crippen LogP contribution in [0.4, 0.5) is 10.5 Å². The van der Waals surface area contributed by atoms with Crippen LogP contribution in [0.3, 0.4) is 0 Å². The summed E-state index contributed by atoms with van der Waals surface area (Å²) in [6.45, 7) is 0.389. The van der Waals surface area contributed by atoms with Gasteiger partial charge in [-0.3, -0.25) is 9.59 Å². The number of carbonyl (C=O) groups is 3. The first-order valence-electron chi connectivity index (χ1n) is 7.63. The molecule has 0 fully saturated rings. The normalized spacial score (nSPS) is 10.0. The minimum absolute atomic E-state index is 0.158. The first-order valence-corrected chi connectivity index (χ1v) is 7.63. The van der Waals surface area contributed by atoms with E-state index >= 15 is 0 Å². The SMILES string of the molecule is CNC(=O)c1ccc(CN(C)C(=O)c2cccc(NC(N)=O)c2)cc1. The maximum atomic E-state index is 12.5. The van der Waals surface area contributed by atoms with Crippen LogP contribution < -0.4 is 16.4 Å². The van der Waals surface area contributed by atoms with Crippen molar-refractivity contribution in [2.75, 3.05) is 19.4 Å². The second-order valence-electron chi connectivity index (χ2n) is 5.51. The van der Waals surface area contributed by atoms with Gasteiger partial charge in [0.2, 0.25) is 0 Å². The van der Waals surface area contributed by atoms with Crippen molar-refractivity contribution in [1.29, 1.82) is 0 Å². The number of benzene rings is 2. The van der Waals surface area contributed by atoms with Gasteiger partial charge >= 0.3 is 6.03 Å². The highest BCUT2D eigenvalue weighted by atomic mass is 16.2. The van der Waals surface area contributed by atoms with Crippen molar-refractivity contribution in [3.05, 3.63) is 65.2 Å². The highest BCUT2D eigenvalue weighted by molar-refractivity contribution is 5.96. The average Bonchev–Trinajstić information content (AvgIpc) is 2.60. The molecule has 4 amide bonds. The van der Waals surface area contributed by atoms with Crippen molar-refractivity contribution in [3.63, 3.8) is 0 Å². The third-order valence-electron chi connectivity index (χ3n) is 3.59. The van der Waals surface area contributed by atoms with Crippen molar-refractivity contribution in [1.82, 2.24) is 10.2 Å². The Labute approximate surface area is 145 Å². The summed E-state index contributed by atoms with van der Waals surface area (Å²) in [6, 6.07) is 12.9. The molecule has 25 heavy (non-hydrogen) atoms. The van der Waals surface area contributed by atoms with E-state index in [-0.39, 0.29) is 11.8 Å². The summed E-state index contributed by atoms with van der Waals surface area (Å²) in [5.41, 5.74) is 7.44. The standard InChI is InChI=1S/C18H20N4O3/c1-20-16(23)13-8-6-12(7-9-13)11-22(2)17(24)14-4-3-5-15(10-14)21-18(19)25/h3-10H,11H2,1-2H3,(H,20,23)(H3,19,21,25). The molecule has 0 spiro atoms. The van der Waals surface area contributed by atoms with Crippen molar-refractivity contribution < 1.29 is 14.4 Å². The number of anilines is 1. The molecule has 0 aliphatic heterocycles. The number of amides is 4. The van der Waals surface area contributed by atoms with E-state index in [1.54, 1.807) is 67.5 Å². The number of rotatable bonds is 5. The lowest BCUT2D eigenvalue weighted by molar-refractivity contribution is 0.0784. The molecule has 0 unspecified atom stereocenters. The number of carbonyl (C=O) groups excluding carboxylic acids is 3. The first kappa shape index (κ1) is 18.0. The minimum atomic E-state index is -0.686. The predicted molar refractivity (Wildman–Crippen MR) is 95.3 cm³/mol. The zero-order valence-electron chi connectivity index (χ0n) is 14.1. The third kappa shape index (κ3) is 4.81. The molecule has 130 valence electrons. The molecule has 4 N–H and O–H groups in total. The number of hydrogen-bond acceptors (Lipinski definition) is 3. The van der Waals surface area contributed by atoms with E-state index in [1.807, 2.05) is 0 Å². The second kappa shape index (κ2) is 7.96. The number of hydrogen-bond donors (Lipinski definition) is 3. The summed E-state index contributed by atoms with van der Waals surface area (Å²) < 4.78 is 0. The van der Waals surface area contributed by atoms with Crippen LogP contribution in [0.2, 0.25) is 0 Å². The Balaban J connectivity index is 2.07. The van der Waals surface area contributed by atoms with Gasteiger partial charge in [0.15, 0.2) is 0 Å². The molecule has 7 heteroatoms. The predicted octanol–water partition coefficient (Wildman–Crippen LogP) is 1.81. The maximum Gasteiger partial charge on any atom is 0.316 e. The summed E-state index contributed by atoms with van der Waals surface area (Å²) in [5, 5.41) is 5.00. The lowest BCUT2D eigenvalue weighted by Gasteiger charge is -2.18. The molecule has 0 saturated carbocycles. The molecule has 0 aromatic heterocycles. The summed E-state index contributed by atoms with van der Waals surface area (Å²) in [7, 11) is 3.26. The van der Waals surface area contributed by atoms with E-state index in [0.29, 0.717) is 23.4 Å². The fourth-order valence-electron chi connectivity index (χ4n) is 2.34. The van der Waals surface area contributed by atoms with Gasteiger partial charge in [-0.1, -0.05) is 18.2 Å². The van der Waals surface area contributed by atoms with E-state index in [4.69, 9.17) is 5.73 Å². The molecule has 0 aliphatic carbocycles. The maximum absolute atomic E-state index is 12.5. The Kier molecular flexibility index (Phi) is 5.73. The first-order chi connectivity index (χ1) is 11.9. The third-order valence-corrected chi connectivity index (χ3v) is 3.59. The van der Waals surface area contributed by atoms with Gasteiger partial charge in [0.1, 0.15) is 0 Å². The minimum Gasteiger partial charge on any atom is -0.355 e. The second-order valence-corrected chi connectivity index (χ2v) is 5.51. The Hall–Kier alpha value is -3.35. The number of urea groups is 1. The summed E-state index contributed by atoms with van der Waals surface area (Å²) in [6.07, 6.45) is 0. The smallest absolute Gasteiger partial charge is 0.316 e. The molecule has 0 radical (unpaired) electrons. The topological polar surface area (TPSA) is 105 Å². The fourth-order valence-corrected chi connectivity index (χ4v) is 2.34. The quantitative estimate of drug-likeness (QED) is 0.773. The van der Waals surface area contributed by atoms with Crippen LogP contribution in [0, 0.1) is 0 Å². The van der Waals surface area contributed by atoms with Gasteiger partial charge in [0, 0.05) is 37.5 Å². The molecule has 2 aromatic carbocycles. The van der Waals surface area contributed by atoms with Crippen molar-refractivity contribution in [2.24, 2.45) is 5.73 Å². The molecule has 2 aromatic rings. The summed E-state index contributed by atoms with van der Waals surface area (Å²) in [4.78, 5) is 36.5. The van der Waals surface area contributed by atoms with Gasteiger partial charge in [-0.2, -0.15) is 0 Å². The zero-order valence-corrected chi connectivity index (χ0v) is 14.1. The number of primary amides is 1. The van der Waals surface area contributed by atoms with Gasteiger partial charge in [0.05, 0.1) is 0 Å². The molecular formula is C18H20N4O3. The van der Waals surface area contributed by atoms with E-state index in [0.717, 1.165) is 5.56 Å². The van der Waals surface area contributed by atoms with Gasteiger partial charge in [-0.15, -0.1) is 0 Å². The van der Waals surface area contributed by atoms with Crippen LogP contribution in [0.25, 0.3) is 0 Å². The van der Waals surface area contributed by atoms with Crippen LogP contribution in [-0.4, -0.2) is 36.8 Å². The van der Waals surface area contributed by atoms with Crippen LogP contribution in [0.15, 0.2) is 48.5 Å². The lowest BCUT2D eigenvalue weighted by Crippen LogP contribution is -2.26. The van der Waals surface area contributed by atoms with Crippen molar-refractivity contribution in [3.8, 4) is 0 Å². The average molecular weight is 340 g/mol. The van der Waals surface area contributed by atoms with E-state index in [2.05, 4.69) is 10.6 Å². The number of nitrogens with two attached hydrogens (primary N) is 1. The molecule has 7 nitrogen and oxygen atoms in total. The molecule has 0 aliphatic rings. The Morgan fingerprint density at radius 1 is 1.04 bits per heavy atom. The van der Waals surface area contributed by atoms with Crippen molar-refractivity contribution >= 4 is 23.5 Å². The van der Waals surface area contributed by atoms with E-state index < -0.39 is 6.03 Å². The Morgan fingerprint density at radius 3 is 2.32 bits per heavy atom. The molecule has 0 heterocycles. The molecule has 0 bridgehead atoms. The largest absolute Gasteiger partial charge is 0.355 e. The van der Waals surface area contributed by atoms with Gasteiger partial charge in [0.25, 0.3) is 11.8 Å². The lowest BCUT2D eigenvalue weighted by atomic mass is 10.1. The summed E-state index contributed by atoms with van der Waals surface area (Å²) >= 11 is 0. The van der Waals surface area contributed by atoms with E-state index in [1.165, 1.54) is 0 Å². The Bertz CT molecular complexity index is 787. The highest BCUT2D eigenvalue weighted by Gasteiger charge is 2.13.